The summed E-state index contributed by atoms with van der Waals surface area (Å²) < 4.78 is 6.50. The molecule has 1 aliphatic heterocycles. The molecule has 2 heterocycles. The molecule has 0 saturated carbocycles. The van der Waals surface area contributed by atoms with Gasteiger partial charge in [0.05, 0.1) is 6.61 Å². The van der Waals surface area contributed by atoms with Gasteiger partial charge in [0.25, 0.3) is 5.91 Å². The van der Waals surface area contributed by atoms with E-state index in [9.17, 15) is 4.79 Å². The Morgan fingerprint density at radius 3 is 2.92 bits per heavy atom. The second kappa shape index (κ2) is 8.82. The molecule has 1 aromatic carbocycles. The zero-order valence-corrected chi connectivity index (χ0v) is 15.9. The number of hydrogen-bond donors (Lipinski definition) is 2. The summed E-state index contributed by atoms with van der Waals surface area (Å²) in [6.07, 6.45) is -0.421. The fourth-order valence-corrected chi connectivity index (χ4v) is 4.18. The summed E-state index contributed by atoms with van der Waals surface area (Å²) in [5.41, 5.74) is 2.89. The third kappa shape index (κ3) is 4.94. The molecular formula is C16H20ClN3O2S2. The molecule has 1 aromatic heterocycles. The van der Waals surface area contributed by atoms with E-state index in [4.69, 9.17) is 4.74 Å². The van der Waals surface area contributed by atoms with Crippen LogP contribution >= 0.6 is 35.5 Å². The van der Waals surface area contributed by atoms with Gasteiger partial charge < -0.3 is 15.4 Å². The number of morpholine rings is 1. The number of carbonyl (C=O) groups excluding carboxylic acids is 1. The molecule has 3 rings (SSSR count). The second-order valence-electron chi connectivity index (χ2n) is 5.39. The highest BCUT2D eigenvalue weighted by Crippen LogP contribution is 2.32. The molecule has 1 fully saturated rings. The predicted molar refractivity (Wildman–Crippen MR) is 101 cm³/mol. The number of amides is 1. The highest BCUT2D eigenvalue weighted by Gasteiger charge is 2.22. The molecule has 0 radical (unpaired) electrons. The van der Waals surface area contributed by atoms with Crippen LogP contribution in [0.2, 0.25) is 0 Å². The van der Waals surface area contributed by atoms with Crippen molar-refractivity contribution in [2.24, 2.45) is 0 Å². The highest BCUT2D eigenvalue weighted by molar-refractivity contribution is 8.01. The van der Waals surface area contributed by atoms with E-state index in [1.165, 1.54) is 0 Å². The average Bonchev–Trinajstić information content (AvgIpc) is 2.96. The van der Waals surface area contributed by atoms with Gasteiger partial charge in [-0.15, -0.1) is 23.7 Å². The Morgan fingerprint density at radius 2 is 2.29 bits per heavy atom. The predicted octanol–water partition coefficient (Wildman–Crippen LogP) is 3.26. The molecule has 0 bridgehead atoms. The SMILES string of the molecule is Cc1csc(Sc2ccc(NC(=O)C3CNCCO3)c(C)c2)n1.Cl. The van der Waals surface area contributed by atoms with E-state index in [1.54, 1.807) is 23.1 Å². The first kappa shape index (κ1) is 19.2. The number of halogens is 1. The number of aryl methyl sites for hydroxylation is 2. The van der Waals surface area contributed by atoms with Crippen molar-refractivity contribution < 1.29 is 9.53 Å². The zero-order chi connectivity index (χ0) is 16.2. The van der Waals surface area contributed by atoms with E-state index in [0.717, 1.165) is 32.7 Å². The van der Waals surface area contributed by atoms with Crippen LogP contribution in [0.15, 0.2) is 32.8 Å². The number of thiazole rings is 1. The van der Waals surface area contributed by atoms with Crippen LogP contribution in [0.1, 0.15) is 11.3 Å². The van der Waals surface area contributed by atoms with Gasteiger partial charge in [0.15, 0.2) is 4.34 Å². The van der Waals surface area contributed by atoms with Crippen molar-refractivity contribution in [2.45, 2.75) is 29.2 Å². The van der Waals surface area contributed by atoms with Crippen molar-refractivity contribution in [2.75, 3.05) is 25.0 Å². The van der Waals surface area contributed by atoms with Crippen LogP contribution in [0.4, 0.5) is 5.69 Å². The minimum absolute atomic E-state index is 0. The number of anilines is 1. The van der Waals surface area contributed by atoms with Crippen LogP contribution in [0.25, 0.3) is 0 Å². The molecule has 1 unspecified atom stereocenters. The van der Waals surface area contributed by atoms with Gasteiger partial charge >= 0.3 is 0 Å². The number of benzene rings is 1. The van der Waals surface area contributed by atoms with Crippen molar-refractivity contribution >= 4 is 47.1 Å². The number of aromatic nitrogens is 1. The van der Waals surface area contributed by atoms with Gasteiger partial charge in [-0.1, -0.05) is 11.8 Å². The minimum Gasteiger partial charge on any atom is -0.366 e. The minimum atomic E-state index is -0.421. The van der Waals surface area contributed by atoms with Crippen molar-refractivity contribution in [3.05, 3.63) is 34.8 Å². The van der Waals surface area contributed by atoms with Crippen molar-refractivity contribution in [1.82, 2.24) is 10.3 Å². The van der Waals surface area contributed by atoms with E-state index in [0.29, 0.717) is 13.2 Å². The topological polar surface area (TPSA) is 63.2 Å². The van der Waals surface area contributed by atoms with Crippen molar-refractivity contribution in [3.8, 4) is 0 Å². The summed E-state index contributed by atoms with van der Waals surface area (Å²) in [5, 5.41) is 8.15. The Labute approximate surface area is 156 Å². The summed E-state index contributed by atoms with van der Waals surface area (Å²) in [6.45, 7) is 5.91. The van der Waals surface area contributed by atoms with Gasteiger partial charge in [-0.2, -0.15) is 0 Å². The molecular weight excluding hydrogens is 366 g/mol. The van der Waals surface area contributed by atoms with E-state index in [2.05, 4.69) is 21.7 Å². The summed E-state index contributed by atoms with van der Waals surface area (Å²) >= 11 is 3.28. The number of rotatable bonds is 4. The normalized spacial score (nSPS) is 17.2. The number of nitrogens with zero attached hydrogens (tertiary/aromatic N) is 1. The molecule has 1 amide bonds. The van der Waals surface area contributed by atoms with E-state index in [-0.39, 0.29) is 18.3 Å². The second-order valence-corrected chi connectivity index (χ2v) is 7.57. The maximum atomic E-state index is 12.2. The number of hydrogen-bond acceptors (Lipinski definition) is 6. The Balaban J connectivity index is 0.00000208. The van der Waals surface area contributed by atoms with Crippen LogP contribution < -0.4 is 10.6 Å². The number of nitrogens with one attached hydrogen (secondary N) is 2. The van der Waals surface area contributed by atoms with Crippen molar-refractivity contribution in [1.29, 1.82) is 0 Å². The largest absolute Gasteiger partial charge is 0.366 e. The lowest BCUT2D eigenvalue weighted by molar-refractivity contribution is -0.128. The lowest BCUT2D eigenvalue weighted by Crippen LogP contribution is -2.45. The maximum absolute atomic E-state index is 12.2. The Morgan fingerprint density at radius 1 is 1.46 bits per heavy atom. The summed E-state index contributed by atoms with van der Waals surface area (Å²) in [5.74, 6) is -0.101. The molecule has 130 valence electrons. The van der Waals surface area contributed by atoms with Gasteiger partial charge in [0, 0.05) is 34.7 Å². The Kier molecular flexibility index (Phi) is 7.06. The first-order valence-electron chi connectivity index (χ1n) is 7.45. The van der Waals surface area contributed by atoms with Crippen molar-refractivity contribution in [3.63, 3.8) is 0 Å². The lowest BCUT2D eigenvalue weighted by atomic mass is 10.2. The van der Waals surface area contributed by atoms with Gasteiger partial charge in [0.1, 0.15) is 6.10 Å². The molecule has 2 N–H and O–H groups in total. The molecule has 1 saturated heterocycles. The van der Waals surface area contributed by atoms with Gasteiger partial charge in [-0.05, 0) is 37.6 Å². The van der Waals surface area contributed by atoms with Crippen LogP contribution in [0.3, 0.4) is 0 Å². The molecule has 1 aliphatic rings. The molecule has 2 aromatic rings. The van der Waals surface area contributed by atoms with E-state index in [1.807, 2.05) is 31.4 Å². The molecule has 24 heavy (non-hydrogen) atoms. The molecule has 8 heteroatoms. The van der Waals surface area contributed by atoms with E-state index >= 15 is 0 Å². The maximum Gasteiger partial charge on any atom is 0.254 e. The first-order chi connectivity index (χ1) is 11.1. The number of carbonyl (C=O) groups is 1. The average molecular weight is 386 g/mol. The summed E-state index contributed by atoms with van der Waals surface area (Å²) in [7, 11) is 0. The van der Waals surface area contributed by atoms with Gasteiger partial charge in [0.2, 0.25) is 0 Å². The molecule has 0 aliphatic carbocycles. The van der Waals surface area contributed by atoms with Crippen LogP contribution in [0.5, 0.6) is 0 Å². The Bertz CT molecular complexity index is 702. The van der Waals surface area contributed by atoms with Crippen LogP contribution in [0, 0.1) is 13.8 Å². The summed E-state index contributed by atoms with van der Waals surface area (Å²) in [4.78, 5) is 17.8. The van der Waals surface area contributed by atoms with Crippen LogP contribution in [-0.2, 0) is 9.53 Å². The highest BCUT2D eigenvalue weighted by atomic mass is 35.5. The lowest BCUT2D eigenvalue weighted by Gasteiger charge is -2.23. The molecule has 1 atom stereocenters. The smallest absolute Gasteiger partial charge is 0.254 e. The molecule has 0 spiro atoms. The fraction of sp³-hybridized carbons (Fsp3) is 0.375. The number of ether oxygens (including phenoxy) is 1. The van der Waals surface area contributed by atoms with Gasteiger partial charge in [-0.25, -0.2) is 4.98 Å². The van der Waals surface area contributed by atoms with Crippen LogP contribution in [-0.4, -0.2) is 36.7 Å². The first-order valence-corrected chi connectivity index (χ1v) is 9.15. The fourth-order valence-electron chi connectivity index (χ4n) is 2.27. The standard InChI is InChI=1S/C16H19N3O2S2.ClH/c1-10-7-12(23-16-18-11(2)9-22-16)3-4-13(10)19-15(20)14-8-17-5-6-21-14;/h3-4,7,9,14,17H,5-6,8H2,1-2H3,(H,19,20);1H. The van der Waals surface area contributed by atoms with Gasteiger partial charge in [-0.3, -0.25) is 4.79 Å². The molecule has 5 nitrogen and oxygen atoms in total. The zero-order valence-electron chi connectivity index (χ0n) is 13.5. The monoisotopic (exact) mass is 385 g/mol. The third-order valence-electron chi connectivity index (χ3n) is 3.48. The quantitative estimate of drug-likeness (QED) is 0.845. The summed E-state index contributed by atoms with van der Waals surface area (Å²) in [6, 6.07) is 6.01. The van der Waals surface area contributed by atoms with E-state index < -0.39 is 6.10 Å². The third-order valence-corrected chi connectivity index (χ3v) is 5.52. The Hall–Kier alpha value is -1.12.